The summed E-state index contributed by atoms with van der Waals surface area (Å²) in [7, 11) is 0. The maximum absolute atomic E-state index is 13.0. The lowest BCUT2D eigenvalue weighted by Crippen LogP contribution is -2.01. The maximum atomic E-state index is 13.0. The highest BCUT2D eigenvalue weighted by molar-refractivity contribution is 6.31. The van der Waals surface area contributed by atoms with Gasteiger partial charge in [0.2, 0.25) is 0 Å². The molecule has 0 aliphatic heterocycles. The predicted molar refractivity (Wildman–Crippen MR) is 76.3 cm³/mol. The van der Waals surface area contributed by atoms with Gasteiger partial charge in [0, 0.05) is 22.4 Å². The Labute approximate surface area is 120 Å². The quantitative estimate of drug-likeness (QED) is 0.770. The molecule has 0 aliphatic carbocycles. The molecule has 1 atom stereocenters. The second-order valence-corrected chi connectivity index (χ2v) is 5.05. The highest BCUT2D eigenvalue weighted by atomic mass is 35.5. The van der Waals surface area contributed by atoms with Gasteiger partial charge in [0.15, 0.2) is 0 Å². The molecule has 0 amide bonds. The molecular formula is C16H12ClFO2. The van der Waals surface area contributed by atoms with Crippen LogP contribution in [0.15, 0.2) is 53.1 Å². The number of hydrogen-bond donors (Lipinski definition) is 1. The van der Waals surface area contributed by atoms with Crippen LogP contribution in [0.1, 0.15) is 17.2 Å². The smallest absolute Gasteiger partial charge is 0.134 e. The van der Waals surface area contributed by atoms with E-state index in [4.69, 9.17) is 16.0 Å². The minimum atomic E-state index is -0.749. The van der Waals surface area contributed by atoms with Crippen LogP contribution in [0.25, 0.3) is 11.0 Å². The van der Waals surface area contributed by atoms with E-state index in [0.29, 0.717) is 22.6 Å². The third-order valence-corrected chi connectivity index (χ3v) is 3.65. The normalized spacial score (nSPS) is 12.8. The molecule has 1 unspecified atom stereocenters. The van der Waals surface area contributed by atoms with Crippen molar-refractivity contribution in [1.29, 1.82) is 0 Å². The number of benzene rings is 2. The average Bonchev–Trinajstić information content (AvgIpc) is 2.86. The van der Waals surface area contributed by atoms with Crippen LogP contribution in [0.2, 0.25) is 5.02 Å². The molecule has 20 heavy (non-hydrogen) atoms. The zero-order valence-electron chi connectivity index (χ0n) is 10.5. The third-order valence-electron chi connectivity index (χ3n) is 3.30. The van der Waals surface area contributed by atoms with Crippen LogP contribution in [0.4, 0.5) is 4.39 Å². The van der Waals surface area contributed by atoms with Gasteiger partial charge < -0.3 is 9.52 Å². The molecule has 2 nitrogen and oxygen atoms in total. The molecule has 3 rings (SSSR count). The fourth-order valence-electron chi connectivity index (χ4n) is 2.26. The standard InChI is InChI=1S/C16H12ClFO2/c17-14-8-11(18)6-5-10(14)7-15(19)13-9-20-16-4-2-1-3-12(13)16/h1-6,8-9,15,19H,7H2. The fourth-order valence-corrected chi connectivity index (χ4v) is 2.51. The van der Waals surface area contributed by atoms with Crippen LogP contribution < -0.4 is 0 Å². The van der Waals surface area contributed by atoms with Crippen LogP contribution in [0.3, 0.4) is 0 Å². The van der Waals surface area contributed by atoms with Gasteiger partial charge in [-0.05, 0) is 23.8 Å². The molecule has 0 spiro atoms. The Hall–Kier alpha value is -1.84. The fraction of sp³-hybridized carbons (Fsp3) is 0.125. The van der Waals surface area contributed by atoms with Crippen molar-refractivity contribution in [1.82, 2.24) is 0 Å². The van der Waals surface area contributed by atoms with E-state index >= 15 is 0 Å². The minimum Gasteiger partial charge on any atom is -0.464 e. The number of aliphatic hydroxyl groups excluding tert-OH is 1. The first-order valence-corrected chi connectivity index (χ1v) is 6.61. The van der Waals surface area contributed by atoms with Crippen LogP contribution in [-0.4, -0.2) is 5.11 Å². The zero-order valence-corrected chi connectivity index (χ0v) is 11.3. The van der Waals surface area contributed by atoms with E-state index in [9.17, 15) is 9.50 Å². The van der Waals surface area contributed by atoms with Crippen molar-refractivity contribution >= 4 is 22.6 Å². The monoisotopic (exact) mass is 290 g/mol. The molecule has 1 aromatic heterocycles. The van der Waals surface area contributed by atoms with Crippen molar-refractivity contribution in [2.45, 2.75) is 12.5 Å². The summed E-state index contributed by atoms with van der Waals surface area (Å²) in [6.07, 6.45) is 1.11. The SMILES string of the molecule is OC(Cc1ccc(F)cc1Cl)c1coc2ccccc12. The Morgan fingerprint density at radius 3 is 2.80 bits per heavy atom. The van der Waals surface area contributed by atoms with E-state index in [0.717, 1.165) is 11.0 Å². The van der Waals surface area contributed by atoms with Gasteiger partial charge in [-0.25, -0.2) is 4.39 Å². The Morgan fingerprint density at radius 1 is 1.20 bits per heavy atom. The first-order valence-electron chi connectivity index (χ1n) is 6.23. The van der Waals surface area contributed by atoms with Crippen LogP contribution in [0, 0.1) is 5.82 Å². The van der Waals surface area contributed by atoms with Gasteiger partial charge in [-0.15, -0.1) is 0 Å². The van der Waals surface area contributed by atoms with Crippen LogP contribution in [0.5, 0.6) is 0 Å². The second kappa shape index (κ2) is 5.27. The van der Waals surface area contributed by atoms with E-state index in [2.05, 4.69) is 0 Å². The van der Waals surface area contributed by atoms with Crippen LogP contribution >= 0.6 is 11.6 Å². The number of para-hydroxylation sites is 1. The lowest BCUT2D eigenvalue weighted by atomic mass is 10.0. The summed E-state index contributed by atoms with van der Waals surface area (Å²) in [5.74, 6) is -0.387. The van der Waals surface area contributed by atoms with Crippen molar-refractivity contribution in [3.63, 3.8) is 0 Å². The number of aliphatic hydroxyl groups is 1. The summed E-state index contributed by atoms with van der Waals surface area (Å²) in [4.78, 5) is 0. The van der Waals surface area contributed by atoms with Gasteiger partial charge in [0.05, 0.1) is 12.4 Å². The molecule has 2 aromatic carbocycles. The largest absolute Gasteiger partial charge is 0.464 e. The number of fused-ring (bicyclic) bond motifs is 1. The highest BCUT2D eigenvalue weighted by Gasteiger charge is 2.16. The molecule has 3 aromatic rings. The molecule has 0 aliphatic rings. The van der Waals surface area contributed by atoms with Gasteiger partial charge in [0.25, 0.3) is 0 Å². The number of halogens is 2. The van der Waals surface area contributed by atoms with Gasteiger partial charge in [-0.2, -0.15) is 0 Å². The highest BCUT2D eigenvalue weighted by Crippen LogP contribution is 2.30. The Balaban J connectivity index is 1.91. The van der Waals surface area contributed by atoms with E-state index in [-0.39, 0.29) is 5.82 Å². The lowest BCUT2D eigenvalue weighted by molar-refractivity contribution is 0.179. The van der Waals surface area contributed by atoms with Gasteiger partial charge >= 0.3 is 0 Å². The lowest BCUT2D eigenvalue weighted by Gasteiger charge is -2.10. The van der Waals surface area contributed by atoms with Crippen molar-refractivity contribution in [2.24, 2.45) is 0 Å². The topological polar surface area (TPSA) is 33.4 Å². The molecule has 1 N–H and O–H groups in total. The minimum absolute atomic E-state index is 0.308. The van der Waals surface area contributed by atoms with E-state index < -0.39 is 6.10 Å². The van der Waals surface area contributed by atoms with Crippen molar-refractivity contribution in [2.75, 3.05) is 0 Å². The van der Waals surface area contributed by atoms with Gasteiger partial charge in [0.1, 0.15) is 11.4 Å². The number of hydrogen-bond acceptors (Lipinski definition) is 2. The van der Waals surface area contributed by atoms with Crippen molar-refractivity contribution in [3.8, 4) is 0 Å². The first-order chi connectivity index (χ1) is 9.65. The number of rotatable bonds is 3. The first kappa shape index (κ1) is 13.2. The third kappa shape index (κ3) is 2.42. The Morgan fingerprint density at radius 2 is 2.00 bits per heavy atom. The summed E-state index contributed by atoms with van der Waals surface area (Å²) >= 11 is 5.98. The van der Waals surface area contributed by atoms with Gasteiger partial charge in [-0.3, -0.25) is 0 Å². The van der Waals surface area contributed by atoms with Crippen molar-refractivity contribution < 1.29 is 13.9 Å². The summed E-state index contributed by atoms with van der Waals surface area (Å²) in [5.41, 5.74) is 2.14. The molecule has 102 valence electrons. The van der Waals surface area contributed by atoms with Crippen molar-refractivity contribution in [3.05, 3.63) is 70.7 Å². The maximum Gasteiger partial charge on any atom is 0.134 e. The van der Waals surface area contributed by atoms with Gasteiger partial charge in [-0.1, -0.05) is 35.9 Å². The molecule has 0 bridgehead atoms. The Kier molecular flexibility index (Phi) is 3.47. The molecule has 0 saturated carbocycles. The molecule has 0 fully saturated rings. The van der Waals surface area contributed by atoms with Crippen LogP contribution in [-0.2, 0) is 6.42 Å². The molecule has 1 heterocycles. The Bertz CT molecular complexity index is 751. The van der Waals surface area contributed by atoms with E-state index in [1.165, 1.54) is 12.1 Å². The molecule has 0 radical (unpaired) electrons. The van der Waals surface area contributed by atoms with E-state index in [1.807, 2.05) is 24.3 Å². The summed E-state index contributed by atoms with van der Waals surface area (Å²) < 4.78 is 18.4. The summed E-state index contributed by atoms with van der Waals surface area (Å²) in [6, 6.07) is 11.7. The average molecular weight is 291 g/mol. The number of furan rings is 1. The molecule has 0 saturated heterocycles. The summed E-state index contributed by atoms with van der Waals surface area (Å²) in [6.45, 7) is 0. The predicted octanol–water partition coefficient (Wildman–Crippen LogP) is 4.50. The molecular weight excluding hydrogens is 279 g/mol. The van der Waals surface area contributed by atoms with E-state index in [1.54, 1.807) is 12.3 Å². The molecule has 4 heteroatoms. The zero-order chi connectivity index (χ0) is 14.1. The second-order valence-electron chi connectivity index (χ2n) is 4.64. The summed E-state index contributed by atoms with van der Waals surface area (Å²) in [5, 5.41) is 11.5.